The maximum Gasteiger partial charge on any atom is 0.324 e. The highest BCUT2D eigenvalue weighted by atomic mass is 16.5. The number of piperazine rings is 1. The monoisotopic (exact) mass is 228 g/mol. The van der Waals surface area contributed by atoms with Gasteiger partial charge in [-0.05, 0) is 19.3 Å². The molecule has 2 rings (SSSR count). The molecule has 0 aromatic heterocycles. The van der Waals surface area contributed by atoms with Crippen molar-refractivity contribution in [3.05, 3.63) is 0 Å². The van der Waals surface area contributed by atoms with Crippen LogP contribution in [0, 0.1) is 0 Å². The van der Waals surface area contributed by atoms with E-state index in [0.717, 1.165) is 32.6 Å². The molecule has 1 atom stereocenters. The number of hydrogen-bond acceptors (Lipinski definition) is 4. The molecule has 2 saturated heterocycles. The van der Waals surface area contributed by atoms with Gasteiger partial charge in [0.25, 0.3) is 0 Å². The first kappa shape index (κ1) is 11.8. The lowest BCUT2D eigenvalue weighted by atomic mass is 9.88. The zero-order valence-corrected chi connectivity index (χ0v) is 9.57. The lowest BCUT2D eigenvalue weighted by Crippen LogP contribution is -2.60. The van der Waals surface area contributed by atoms with Crippen molar-refractivity contribution >= 4 is 5.97 Å². The Morgan fingerprint density at radius 1 is 1.25 bits per heavy atom. The van der Waals surface area contributed by atoms with Crippen molar-refractivity contribution in [2.24, 2.45) is 0 Å². The molecule has 0 aromatic carbocycles. The summed E-state index contributed by atoms with van der Waals surface area (Å²) in [5, 5.41) is 12.8. The minimum Gasteiger partial charge on any atom is -0.480 e. The van der Waals surface area contributed by atoms with Gasteiger partial charge in [-0.2, -0.15) is 0 Å². The van der Waals surface area contributed by atoms with Crippen LogP contribution >= 0.6 is 0 Å². The SMILES string of the molecule is O=C(O)C1(N2CCNCC2)CCCOCC1. The molecule has 0 radical (unpaired) electrons. The van der Waals surface area contributed by atoms with Crippen LogP contribution in [0.4, 0.5) is 0 Å². The number of ether oxygens (including phenoxy) is 1. The number of carboxylic acid groups (broad SMARTS) is 1. The largest absolute Gasteiger partial charge is 0.480 e. The number of hydrogen-bond donors (Lipinski definition) is 2. The summed E-state index contributed by atoms with van der Waals surface area (Å²) in [6.45, 7) is 4.68. The quantitative estimate of drug-likeness (QED) is 0.692. The standard InChI is InChI=1S/C11H20N2O3/c14-10(15)11(2-1-8-16-9-3-11)13-6-4-12-5-7-13/h12H,1-9H2,(H,14,15). The molecular formula is C11H20N2O3. The van der Waals surface area contributed by atoms with Crippen molar-refractivity contribution < 1.29 is 14.6 Å². The lowest BCUT2D eigenvalue weighted by Gasteiger charge is -2.42. The van der Waals surface area contributed by atoms with Gasteiger partial charge in [0.05, 0.1) is 0 Å². The highest BCUT2D eigenvalue weighted by Crippen LogP contribution is 2.29. The van der Waals surface area contributed by atoms with E-state index in [1.165, 1.54) is 0 Å². The third-order valence-electron chi connectivity index (χ3n) is 3.66. The summed E-state index contributed by atoms with van der Waals surface area (Å²) < 4.78 is 5.39. The van der Waals surface area contributed by atoms with Crippen LogP contribution in [0.5, 0.6) is 0 Å². The van der Waals surface area contributed by atoms with Crippen molar-refractivity contribution in [2.75, 3.05) is 39.4 Å². The van der Waals surface area contributed by atoms with Crippen molar-refractivity contribution in [1.29, 1.82) is 0 Å². The number of carbonyl (C=O) groups is 1. The first-order chi connectivity index (χ1) is 7.76. The Morgan fingerprint density at radius 2 is 2.00 bits per heavy atom. The van der Waals surface area contributed by atoms with Gasteiger partial charge in [-0.3, -0.25) is 9.69 Å². The topological polar surface area (TPSA) is 61.8 Å². The highest BCUT2D eigenvalue weighted by Gasteiger charge is 2.44. The molecule has 92 valence electrons. The molecule has 0 spiro atoms. The molecule has 16 heavy (non-hydrogen) atoms. The van der Waals surface area contributed by atoms with Gasteiger partial charge in [-0.25, -0.2) is 0 Å². The molecule has 2 fully saturated rings. The van der Waals surface area contributed by atoms with Crippen molar-refractivity contribution in [2.45, 2.75) is 24.8 Å². The smallest absolute Gasteiger partial charge is 0.324 e. The Kier molecular flexibility index (Phi) is 3.78. The Morgan fingerprint density at radius 3 is 2.69 bits per heavy atom. The molecule has 0 saturated carbocycles. The van der Waals surface area contributed by atoms with E-state index >= 15 is 0 Å². The molecule has 0 aliphatic carbocycles. The van der Waals surface area contributed by atoms with Crippen molar-refractivity contribution in [1.82, 2.24) is 10.2 Å². The summed E-state index contributed by atoms with van der Waals surface area (Å²) in [6.07, 6.45) is 2.17. The van der Waals surface area contributed by atoms with Gasteiger partial charge in [0.15, 0.2) is 0 Å². The van der Waals surface area contributed by atoms with Crippen LogP contribution in [-0.2, 0) is 9.53 Å². The Balaban J connectivity index is 2.14. The summed E-state index contributed by atoms with van der Waals surface area (Å²) >= 11 is 0. The zero-order valence-electron chi connectivity index (χ0n) is 9.57. The molecule has 0 amide bonds. The minimum absolute atomic E-state index is 0.566. The summed E-state index contributed by atoms with van der Waals surface area (Å²) in [7, 11) is 0. The van der Waals surface area contributed by atoms with E-state index in [1.54, 1.807) is 0 Å². The number of rotatable bonds is 2. The maximum absolute atomic E-state index is 11.6. The summed E-state index contributed by atoms with van der Waals surface area (Å²) in [6, 6.07) is 0. The summed E-state index contributed by atoms with van der Waals surface area (Å²) in [4.78, 5) is 13.7. The third-order valence-corrected chi connectivity index (χ3v) is 3.66. The van der Waals surface area contributed by atoms with Crippen LogP contribution in [0.2, 0.25) is 0 Å². The van der Waals surface area contributed by atoms with Crippen LogP contribution in [0.25, 0.3) is 0 Å². The zero-order chi connectivity index (χ0) is 11.4. The summed E-state index contributed by atoms with van der Waals surface area (Å²) in [5.41, 5.74) is -0.682. The first-order valence-electron chi connectivity index (χ1n) is 6.03. The fourth-order valence-corrected chi connectivity index (χ4v) is 2.69. The van der Waals surface area contributed by atoms with Gasteiger partial charge in [0.1, 0.15) is 5.54 Å². The number of aliphatic carboxylic acids is 1. The second-order valence-corrected chi connectivity index (χ2v) is 4.54. The normalized spacial score (nSPS) is 33.2. The van der Waals surface area contributed by atoms with E-state index in [9.17, 15) is 9.90 Å². The molecule has 2 aliphatic heterocycles. The maximum atomic E-state index is 11.6. The average Bonchev–Trinajstić information content (AvgIpc) is 2.56. The molecule has 2 N–H and O–H groups in total. The molecule has 5 nitrogen and oxygen atoms in total. The van der Waals surface area contributed by atoms with Crippen LogP contribution in [0.1, 0.15) is 19.3 Å². The summed E-state index contributed by atoms with van der Waals surface area (Å²) in [5.74, 6) is -0.681. The van der Waals surface area contributed by atoms with Gasteiger partial charge in [0, 0.05) is 39.4 Å². The molecule has 0 aromatic rings. The van der Waals surface area contributed by atoms with Crippen LogP contribution < -0.4 is 5.32 Å². The van der Waals surface area contributed by atoms with Gasteiger partial charge in [-0.15, -0.1) is 0 Å². The molecule has 0 bridgehead atoms. The van der Waals surface area contributed by atoms with Gasteiger partial charge in [-0.1, -0.05) is 0 Å². The molecule has 1 unspecified atom stereocenters. The van der Waals surface area contributed by atoms with E-state index in [-0.39, 0.29) is 0 Å². The molecular weight excluding hydrogens is 208 g/mol. The fraction of sp³-hybridized carbons (Fsp3) is 0.909. The lowest BCUT2D eigenvalue weighted by molar-refractivity contribution is -0.153. The van der Waals surface area contributed by atoms with Crippen molar-refractivity contribution in [3.8, 4) is 0 Å². The van der Waals surface area contributed by atoms with Crippen LogP contribution in [-0.4, -0.2) is 60.9 Å². The second kappa shape index (κ2) is 5.12. The van der Waals surface area contributed by atoms with Crippen LogP contribution in [0.3, 0.4) is 0 Å². The second-order valence-electron chi connectivity index (χ2n) is 4.54. The van der Waals surface area contributed by atoms with Gasteiger partial charge >= 0.3 is 5.97 Å². The van der Waals surface area contributed by atoms with E-state index < -0.39 is 11.5 Å². The highest BCUT2D eigenvalue weighted by molar-refractivity contribution is 5.78. The predicted octanol–water partition coefficient (Wildman–Crippen LogP) is -0.0845. The Bertz CT molecular complexity index is 244. The first-order valence-corrected chi connectivity index (χ1v) is 6.03. The Labute approximate surface area is 95.8 Å². The van der Waals surface area contributed by atoms with E-state index in [4.69, 9.17) is 4.74 Å². The number of carboxylic acids is 1. The molecule has 2 aliphatic rings. The van der Waals surface area contributed by atoms with Gasteiger partial charge in [0.2, 0.25) is 0 Å². The van der Waals surface area contributed by atoms with Crippen molar-refractivity contribution in [3.63, 3.8) is 0 Å². The van der Waals surface area contributed by atoms with E-state index in [1.807, 2.05) is 0 Å². The number of nitrogens with zero attached hydrogens (tertiary/aromatic N) is 1. The average molecular weight is 228 g/mol. The minimum atomic E-state index is -0.682. The molecule has 2 heterocycles. The fourth-order valence-electron chi connectivity index (χ4n) is 2.69. The third kappa shape index (κ3) is 2.21. The predicted molar refractivity (Wildman–Crippen MR) is 59.5 cm³/mol. The number of nitrogens with one attached hydrogen (secondary N) is 1. The Hall–Kier alpha value is -0.650. The van der Waals surface area contributed by atoms with E-state index in [0.29, 0.717) is 26.1 Å². The van der Waals surface area contributed by atoms with Crippen LogP contribution in [0.15, 0.2) is 0 Å². The van der Waals surface area contributed by atoms with Gasteiger partial charge < -0.3 is 15.2 Å². The van der Waals surface area contributed by atoms with E-state index in [2.05, 4.69) is 10.2 Å². The molecule has 5 heteroatoms.